The molecule has 0 unspecified atom stereocenters. The molecule has 1 amide bonds. The van der Waals surface area contributed by atoms with E-state index in [1.165, 1.54) is 4.68 Å². The van der Waals surface area contributed by atoms with Gasteiger partial charge in [0.25, 0.3) is 5.91 Å². The van der Waals surface area contributed by atoms with Crippen molar-refractivity contribution < 1.29 is 4.79 Å². The highest BCUT2D eigenvalue weighted by atomic mass is 35.5. The number of aryl methyl sites for hydroxylation is 1. The fourth-order valence-electron chi connectivity index (χ4n) is 1.98. The summed E-state index contributed by atoms with van der Waals surface area (Å²) in [7, 11) is 1.73. The van der Waals surface area contributed by atoms with Gasteiger partial charge in [-0.25, -0.2) is 4.98 Å². The van der Waals surface area contributed by atoms with Crippen LogP contribution < -0.4 is 5.32 Å². The maximum Gasteiger partial charge on any atom is 0.273 e. The zero-order valence-electron chi connectivity index (χ0n) is 12.7. The largest absolute Gasteiger partial charge is 0.346 e. The van der Waals surface area contributed by atoms with Gasteiger partial charge < -0.3 is 9.88 Å². The van der Waals surface area contributed by atoms with Gasteiger partial charge in [0.2, 0.25) is 0 Å². The van der Waals surface area contributed by atoms with Gasteiger partial charge in [0.1, 0.15) is 0 Å². The summed E-state index contributed by atoms with van der Waals surface area (Å²) in [5, 5.41) is 7.47. The normalized spacial score (nSPS) is 13.2. The summed E-state index contributed by atoms with van der Waals surface area (Å²) in [5.74, 6) is -0.263. The van der Waals surface area contributed by atoms with Gasteiger partial charge in [0, 0.05) is 32.2 Å². The summed E-state index contributed by atoms with van der Waals surface area (Å²) < 4.78 is 3.47. The number of hydrogen-bond donors (Lipinski definition) is 1. The summed E-state index contributed by atoms with van der Waals surface area (Å²) in [6.07, 6.45) is 6.94. The summed E-state index contributed by atoms with van der Waals surface area (Å²) in [4.78, 5) is 16.4. The second-order valence-corrected chi connectivity index (χ2v) is 6.56. The highest BCUT2D eigenvalue weighted by Crippen LogP contribution is 2.22. The SMILES string of the molecule is Cn1cc(Cl)c(C(=O)N[C@H](Cn2ccnc2)C(C)(C)C)n1. The molecule has 2 heterocycles. The van der Waals surface area contributed by atoms with Gasteiger partial charge in [-0.2, -0.15) is 5.10 Å². The summed E-state index contributed by atoms with van der Waals surface area (Å²) >= 11 is 6.02. The standard InChI is InChI=1S/C14H20ClN5O/c1-14(2,3)11(8-20-6-5-16-9-20)17-13(21)12-10(15)7-19(4)18-12/h5-7,9,11H,8H2,1-4H3,(H,17,21)/t11-/m1/s1. The Morgan fingerprint density at radius 1 is 1.48 bits per heavy atom. The van der Waals surface area contributed by atoms with Gasteiger partial charge in [-0.05, 0) is 5.41 Å². The zero-order valence-corrected chi connectivity index (χ0v) is 13.4. The van der Waals surface area contributed by atoms with Crippen LogP contribution in [-0.2, 0) is 13.6 Å². The Kier molecular flexibility index (Phi) is 4.37. The number of aromatic nitrogens is 4. The molecule has 0 aliphatic rings. The predicted molar refractivity (Wildman–Crippen MR) is 81.2 cm³/mol. The van der Waals surface area contributed by atoms with Crippen LogP contribution in [0.3, 0.4) is 0 Å². The molecule has 0 bridgehead atoms. The van der Waals surface area contributed by atoms with Crippen LogP contribution in [-0.4, -0.2) is 31.3 Å². The van der Waals surface area contributed by atoms with Crippen LogP contribution in [0.25, 0.3) is 0 Å². The third-order valence-electron chi connectivity index (χ3n) is 3.30. The second kappa shape index (κ2) is 5.89. The van der Waals surface area contributed by atoms with Gasteiger partial charge in [-0.1, -0.05) is 32.4 Å². The number of nitrogens with zero attached hydrogens (tertiary/aromatic N) is 4. The first-order chi connectivity index (χ1) is 9.77. The molecule has 0 radical (unpaired) electrons. The minimum Gasteiger partial charge on any atom is -0.346 e. The topological polar surface area (TPSA) is 64.7 Å². The first-order valence-electron chi connectivity index (χ1n) is 6.73. The molecule has 2 rings (SSSR count). The molecule has 7 heteroatoms. The maximum atomic E-state index is 12.4. The van der Waals surface area contributed by atoms with Crippen molar-refractivity contribution in [2.75, 3.05) is 0 Å². The Balaban J connectivity index is 2.15. The number of carbonyl (C=O) groups is 1. The quantitative estimate of drug-likeness (QED) is 0.941. The van der Waals surface area contributed by atoms with Crippen molar-refractivity contribution in [3.05, 3.63) is 35.6 Å². The van der Waals surface area contributed by atoms with E-state index in [-0.39, 0.29) is 23.1 Å². The Morgan fingerprint density at radius 2 is 2.19 bits per heavy atom. The van der Waals surface area contributed by atoms with Crippen molar-refractivity contribution in [1.82, 2.24) is 24.6 Å². The van der Waals surface area contributed by atoms with E-state index in [1.807, 2.05) is 10.8 Å². The fraction of sp³-hybridized carbons (Fsp3) is 0.500. The van der Waals surface area contributed by atoms with Crippen LogP contribution >= 0.6 is 11.6 Å². The molecule has 0 aromatic carbocycles. The molecule has 0 aliphatic carbocycles. The fourth-order valence-corrected chi connectivity index (χ4v) is 2.25. The van der Waals surface area contributed by atoms with E-state index in [1.54, 1.807) is 25.8 Å². The van der Waals surface area contributed by atoms with E-state index in [0.717, 1.165) is 0 Å². The van der Waals surface area contributed by atoms with Crippen LogP contribution in [0, 0.1) is 5.41 Å². The molecule has 0 fully saturated rings. The van der Waals surface area contributed by atoms with E-state index in [9.17, 15) is 4.79 Å². The molecule has 1 N–H and O–H groups in total. The average molecular weight is 310 g/mol. The lowest BCUT2D eigenvalue weighted by Gasteiger charge is -2.31. The number of imidazole rings is 1. The molecule has 0 saturated heterocycles. The molecule has 1 atom stereocenters. The average Bonchev–Trinajstić information content (AvgIpc) is 2.96. The van der Waals surface area contributed by atoms with Crippen LogP contribution in [0.5, 0.6) is 0 Å². The monoisotopic (exact) mass is 309 g/mol. The Hall–Kier alpha value is -1.82. The lowest BCUT2D eigenvalue weighted by molar-refractivity contribution is 0.0887. The molecule has 0 saturated carbocycles. The van der Waals surface area contributed by atoms with Crippen molar-refractivity contribution in [1.29, 1.82) is 0 Å². The number of rotatable bonds is 4. The van der Waals surface area contributed by atoms with E-state index < -0.39 is 0 Å². The Bertz CT molecular complexity index is 612. The van der Waals surface area contributed by atoms with Crippen molar-refractivity contribution in [2.45, 2.75) is 33.4 Å². The van der Waals surface area contributed by atoms with E-state index in [2.05, 4.69) is 36.2 Å². The lowest BCUT2D eigenvalue weighted by Crippen LogP contribution is -2.46. The Morgan fingerprint density at radius 3 is 2.67 bits per heavy atom. The van der Waals surface area contributed by atoms with Gasteiger partial charge in [-0.15, -0.1) is 0 Å². The van der Waals surface area contributed by atoms with Gasteiger partial charge in [0.15, 0.2) is 5.69 Å². The maximum absolute atomic E-state index is 12.4. The zero-order chi connectivity index (χ0) is 15.6. The van der Waals surface area contributed by atoms with Gasteiger partial charge in [-0.3, -0.25) is 9.48 Å². The number of amides is 1. The number of carbonyl (C=O) groups excluding carboxylic acids is 1. The number of halogens is 1. The third-order valence-corrected chi connectivity index (χ3v) is 3.58. The van der Waals surface area contributed by atoms with Gasteiger partial charge >= 0.3 is 0 Å². The van der Waals surface area contributed by atoms with Gasteiger partial charge in [0.05, 0.1) is 17.4 Å². The molecule has 21 heavy (non-hydrogen) atoms. The molecule has 0 aliphatic heterocycles. The highest BCUT2D eigenvalue weighted by molar-refractivity contribution is 6.33. The minimum atomic E-state index is -0.263. The third kappa shape index (κ3) is 3.85. The van der Waals surface area contributed by atoms with E-state index in [4.69, 9.17) is 11.6 Å². The summed E-state index contributed by atoms with van der Waals surface area (Å²) in [6, 6.07) is -0.0720. The summed E-state index contributed by atoms with van der Waals surface area (Å²) in [5.41, 5.74) is 0.139. The first-order valence-corrected chi connectivity index (χ1v) is 7.11. The molecular weight excluding hydrogens is 290 g/mol. The van der Waals surface area contributed by atoms with E-state index >= 15 is 0 Å². The van der Waals surface area contributed by atoms with Crippen molar-refractivity contribution >= 4 is 17.5 Å². The summed E-state index contributed by atoms with van der Waals surface area (Å²) in [6.45, 7) is 6.87. The van der Waals surface area contributed by atoms with E-state index in [0.29, 0.717) is 11.6 Å². The molecule has 2 aromatic heterocycles. The lowest BCUT2D eigenvalue weighted by atomic mass is 9.86. The molecular formula is C14H20ClN5O. The van der Waals surface area contributed by atoms with Crippen molar-refractivity contribution in [3.63, 3.8) is 0 Å². The molecule has 0 spiro atoms. The van der Waals surface area contributed by atoms with Crippen molar-refractivity contribution in [3.8, 4) is 0 Å². The first kappa shape index (κ1) is 15.6. The number of nitrogens with one attached hydrogen (secondary N) is 1. The molecule has 6 nitrogen and oxygen atoms in total. The second-order valence-electron chi connectivity index (χ2n) is 6.15. The van der Waals surface area contributed by atoms with Crippen LogP contribution in [0.1, 0.15) is 31.3 Å². The Labute approximate surface area is 129 Å². The smallest absolute Gasteiger partial charge is 0.273 e. The van der Waals surface area contributed by atoms with Crippen LogP contribution in [0.2, 0.25) is 5.02 Å². The van der Waals surface area contributed by atoms with Crippen LogP contribution in [0.4, 0.5) is 0 Å². The highest BCUT2D eigenvalue weighted by Gasteiger charge is 2.28. The van der Waals surface area contributed by atoms with Crippen molar-refractivity contribution in [2.24, 2.45) is 12.5 Å². The minimum absolute atomic E-state index is 0.0720. The molecule has 2 aromatic rings. The predicted octanol–water partition coefficient (Wildman–Crippen LogP) is 2.11. The van der Waals surface area contributed by atoms with Crippen LogP contribution in [0.15, 0.2) is 24.9 Å². The number of hydrogen-bond acceptors (Lipinski definition) is 3. The molecule has 114 valence electrons.